The van der Waals surface area contributed by atoms with Gasteiger partial charge in [0.05, 0.1) is 23.7 Å². The van der Waals surface area contributed by atoms with Gasteiger partial charge in [-0.25, -0.2) is 4.79 Å². The first kappa shape index (κ1) is 22.9. The molecule has 1 fully saturated rings. The van der Waals surface area contributed by atoms with Crippen LogP contribution in [0.2, 0.25) is 0 Å². The molecule has 7 heteroatoms. The molecule has 1 saturated heterocycles. The molecule has 31 heavy (non-hydrogen) atoms. The minimum Gasteiger partial charge on any atom is -0.490 e. The molecule has 0 saturated carbocycles. The highest BCUT2D eigenvalue weighted by molar-refractivity contribution is 9.10. The smallest absolute Gasteiger partial charge is 0.329 e. The number of aryl methyl sites for hydroxylation is 1. The lowest BCUT2D eigenvalue weighted by Crippen LogP contribution is -2.30. The van der Waals surface area contributed by atoms with E-state index in [1.54, 1.807) is 12.1 Å². The molecular formula is C24H27BrN2O4. The second kappa shape index (κ2) is 10.0. The van der Waals surface area contributed by atoms with Gasteiger partial charge in [0.25, 0.3) is 5.91 Å². The molecular weight excluding hydrogens is 460 g/mol. The number of carbonyl (C=O) groups is 2. The van der Waals surface area contributed by atoms with E-state index in [9.17, 15) is 9.59 Å². The van der Waals surface area contributed by atoms with Crippen LogP contribution in [0.4, 0.5) is 4.79 Å². The van der Waals surface area contributed by atoms with Crippen molar-refractivity contribution in [2.24, 2.45) is 0 Å². The van der Waals surface area contributed by atoms with Crippen LogP contribution in [0.1, 0.15) is 43.9 Å². The van der Waals surface area contributed by atoms with E-state index >= 15 is 0 Å². The normalized spacial score (nSPS) is 15.9. The lowest BCUT2D eigenvalue weighted by Gasteiger charge is -2.18. The highest BCUT2D eigenvalue weighted by Crippen LogP contribution is 2.38. The van der Waals surface area contributed by atoms with Gasteiger partial charge in [-0.2, -0.15) is 0 Å². The zero-order valence-corrected chi connectivity index (χ0v) is 19.8. The van der Waals surface area contributed by atoms with Gasteiger partial charge in [0, 0.05) is 0 Å². The van der Waals surface area contributed by atoms with Crippen LogP contribution in [0.25, 0.3) is 6.08 Å². The number of urea groups is 1. The van der Waals surface area contributed by atoms with Crippen molar-refractivity contribution < 1.29 is 19.1 Å². The van der Waals surface area contributed by atoms with Gasteiger partial charge in [-0.3, -0.25) is 9.69 Å². The Morgan fingerprint density at radius 3 is 2.52 bits per heavy atom. The Morgan fingerprint density at radius 1 is 1.16 bits per heavy atom. The molecule has 3 rings (SSSR count). The molecule has 1 aliphatic heterocycles. The predicted octanol–water partition coefficient (Wildman–Crippen LogP) is 5.43. The van der Waals surface area contributed by atoms with Gasteiger partial charge in [-0.15, -0.1) is 0 Å². The largest absolute Gasteiger partial charge is 0.490 e. The fourth-order valence-electron chi connectivity index (χ4n) is 3.09. The lowest BCUT2D eigenvalue weighted by atomic mass is 10.1. The summed E-state index contributed by atoms with van der Waals surface area (Å²) < 4.78 is 12.5. The molecule has 0 unspecified atom stereocenters. The third-order valence-corrected chi connectivity index (χ3v) is 5.55. The summed E-state index contributed by atoms with van der Waals surface area (Å²) in [6.45, 7) is 8.63. The van der Waals surface area contributed by atoms with Crippen LogP contribution >= 0.6 is 15.9 Å². The van der Waals surface area contributed by atoms with E-state index in [0.29, 0.717) is 23.7 Å². The SMILES string of the molecule is CCOc1cc(/C=C2/NC(=O)N(Cc3ccc(C)cc3)C2=O)cc(Br)c1O[C@@H](C)CC. The molecule has 0 bridgehead atoms. The number of nitrogens with zero attached hydrogens (tertiary/aromatic N) is 1. The van der Waals surface area contributed by atoms with Gasteiger partial charge >= 0.3 is 6.03 Å². The third kappa shape index (κ3) is 5.47. The summed E-state index contributed by atoms with van der Waals surface area (Å²) >= 11 is 3.55. The fourth-order valence-corrected chi connectivity index (χ4v) is 3.64. The van der Waals surface area contributed by atoms with Gasteiger partial charge in [0.15, 0.2) is 11.5 Å². The molecule has 1 N–H and O–H groups in total. The van der Waals surface area contributed by atoms with Crippen molar-refractivity contribution in [3.63, 3.8) is 0 Å². The quantitative estimate of drug-likeness (QED) is 0.399. The number of imide groups is 1. The van der Waals surface area contributed by atoms with Gasteiger partial charge in [0.1, 0.15) is 5.70 Å². The Hall–Kier alpha value is -2.80. The van der Waals surface area contributed by atoms with Gasteiger partial charge < -0.3 is 14.8 Å². The maximum absolute atomic E-state index is 12.8. The van der Waals surface area contributed by atoms with E-state index in [0.717, 1.165) is 22.0 Å². The zero-order chi connectivity index (χ0) is 22.5. The first-order valence-corrected chi connectivity index (χ1v) is 11.1. The van der Waals surface area contributed by atoms with Gasteiger partial charge in [-0.05, 0) is 72.5 Å². The topological polar surface area (TPSA) is 67.9 Å². The Morgan fingerprint density at radius 2 is 1.87 bits per heavy atom. The molecule has 1 atom stereocenters. The van der Waals surface area contributed by atoms with Crippen molar-refractivity contribution in [1.82, 2.24) is 10.2 Å². The van der Waals surface area contributed by atoms with Crippen LogP contribution in [0.3, 0.4) is 0 Å². The number of ether oxygens (including phenoxy) is 2. The molecule has 164 valence electrons. The van der Waals surface area contributed by atoms with Crippen LogP contribution in [0, 0.1) is 6.92 Å². The molecule has 0 aliphatic carbocycles. The summed E-state index contributed by atoms with van der Waals surface area (Å²) in [4.78, 5) is 26.4. The van der Waals surface area contributed by atoms with Gasteiger partial charge in [-0.1, -0.05) is 36.8 Å². The van der Waals surface area contributed by atoms with E-state index < -0.39 is 6.03 Å². The molecule has 2 aromatic carbocycles. The number of hydrogen-bond acceptors (Lipinski definition) is 4. The maximum Gasteiger partial charge on any atom is 0.329 e. The summed E-state index contributed by atoms with van der Waals surface area (Å²) in [6.07, 6.45) is 2.54. The highest BCUT2D eigenvalue weighted by Gasteiger charge is 2.33. The second-order valence-electron chi connectivity index (χ2n) is 7.46. The number of rotatable bonds is 8. The zero-order valence-electron chi connectivity index (χ0n) is 18.2. The van der Waals surface area contributed by atoms with Crippen LogP contribution in [0.5, 0.6) is 11.5 Å². The van der Waals surface area contributed by atoms with Crippen LogP contribution in [0.15, 0.2) is 46.6 Å². The van der Waals surface area contributed by atoms with Crippen LogP contribution < -0.4 is 14.8 Å². The fraction of sp³-hybridized carbons (Fsp3) is 0.333. The molecule has 3 amide bonds. The number of benzene rings is 2. The number of hydrogen-bond donors (Lipinski definition) is 1. The average Bonchev–Trinajstić information content (AvgIpc) is 2.99. The van der Waals surface area contributed by atoms with Crippen molar-refractivity contribution in [2.45, 2.75) is 46.8 Å². The van der Waals surface area contributed by atoms with Crippen molar-refractivity contribution in [2.75, 3.05) is 6.61 Å². The average molecular weight is 487 g/mol. The molecule has 1 heterocycles. The Labute approximate surface area is 191 Å². The van der Waals surface area contributed by atoms with Crippen molar-refractivity contribution in [1.29, 1.82) is 0 Å². The third-order valence-electron chi connectivity index (χ3n) is 4.96. The van der Waals surface area contributed by atoms with E-state index in [4.69, 9.17) is 9.47 Å². The highest BCUT2D eigenvalue weighted by atomic mass is 79.9. The molecule has 6 nitrogen and oxygen atoms in total. The monoisotopic (exact) mass is 486 g/mol. The number of carbonyl (C=O) groups excluding carboxylic acids is 2. The standard InChI is InChI=1S/C24H27BrN2O4/c1-5-16(4)31-22-19(25)11-18(13-21(22)30-6-2)12-20-23(28)27(24(29)26-20)14-17-9-7-15(3)8-10-17/h7-13,16H,5-6,14H2,1-4H3,(H,26,29)/b20-12+/t16-/m0/s1. The summed E-state index contributed by atoms with van der Waals surface area (Å²) in [5.41, 5.74) is 2.95. The number of halogens is 1. The molecule has 0 aromatic heterocycles. The maximum atomic E-state index is 12.8. The summed E-state index contributed by atoms with van der Waals surface area (Å²) in [6, 6.07) is 11.0. The Kier molecular flexibility index (Phi) is 7.38. The van der Waals surface area contributed by atoms with E-state index in [1.165, 1.54) is 4.90 Å². The Bertz CT molecular complexity index is 1000. The lowest BCUT2D eigenvalue weighted by molar-refractivity contribution is -0.123. The van der Waals surface area contributed by atoms with E-state index in [2.05, 4.69) is 28.2 Å². The van der Waals surface area contributed by atoms with E-state index in [-0.39, 0.29) is 24.3 Å². The molecule has 2 aromatic rings. The molecule has 0 spiro atoms. The number of nitrogens with one attached hydrogen (secondary N) is 1. The predicted molar refractivity (Wildman–Crippen MR) is 124 cm³/mol. The summed E-state index contributed by atoms with van der Waals surface area (Å²) in [5.74, 6) is 0.845. The van der Waals surface area contributed by atoms with Gasteiger partial charge in [0.2, 0.25) is 0 Å². The summed E-state index contributed by atoms with van der Waals surface area (Å²) in [5, 5.41) is 2.67. The van der Waals surface area contributed by atoms with Crippen molar-refractivity contribution >= 4 is 33.9 Å². The minimum absolute atomic E-state index is 0.0331. The Balaban J connectivity index is 1.86. The van der Waals surface area contributed by atoms with Crippen molar-refractivity contribution in [3.05, 3.63) is 63.3 Å². The van der Waals surface area contributed by atoms with Crippen LogP contribution in [-0.4, -0.2) is 29.5 Å². The first-order valence-electron chi connectivity index (χ1n) is 10.4. The minimum atomic E-state index is -0.433. The number of amides is 3. The first-order chi connectivity index (χ1) is 14.8. The van der Waals surface area contributed by atoms with Crippen LogP contribution in [-0.2, 0) is 11.3 Å². The molecule has 1 aliphatic rings. The molecule has 0 radical (unpaired) electrons. The van der Waals surface area contributed by atoms with Crippen molar-refractivity contribution in [3.8, 4) is 11.5 Å². The second-order valence-corrected chi connectivity index (χ2v) is 8.32. The van der Waals surface area contributed by atoms with E-state index in [1.807, 2.05) is 51.1 Å². The summed E-state index contributed by atoms with van der Waals surface area (Å²) in [7, 11) is 0.